The molecule has 25 heavy (non-hydrogen) atoms. The van der Waals surface area contributed by atoms with Gasteiger partial charge in [-0.05, 0) is 30.3 Å². The normalized spacial score (nSPS) is 10.7. The average Bonchev–Trinajstić information content (AvgIpc) is 3.09. The van der Waals surface area contributed by atoms with Crippen LogP contribution in [0.4, 0.5) is 0 Å². The Balaban J connectivity index is 1.59. The van der Waals surface area contributed by atoms with Crippen LogP contribution in [0.1, 0.15) is 0 Å². The smallest absolute Gasteiger partial charge is 0.208 e. The Bertz CT molecular complexity index is 857. The first-order valence-electron chi connectivity index (χ1n) is 7.44. The van der Waals surface area contributed by atoms with E-state index in [2.05, 4.69) is 15.2 Å². The molecule has 3 rings (SSSR count). The predicted molar refractivity (Wildman–Crippen MR) is 101 cm³/mol. The molecule has 130 valence electrons. The van der Waals surface area contributed by atoms with E-state index in [1.165, 1.54) is 11.8 Å². The molecule has 3 aromatic rings. The molecule has 0 saturated heterocycles. The first-order valence-corrected chi connectivity index (χ1v) is 9.18. The highest BCUT2D eigenvalue weighted by Crippen LogP contribution is 2.31. The molecule has 1 aromatic heterocycles. The number of nitrogens with one attached hydrogen (secondary N) is 1. The van der Waals surface area contributed by atoms with E-state index < -0.39 is 0 Å². The van der Waals surface area contributed by atoms with Crippen LogP contribution < -0.4 is 9.47 Å². The number of methoxy groups -OCH3 is 1. The van der Waals surface area contributed by atoms with Crippen LogP contribution in [0.15, 0.2) is 47.6 Å². The third-order valence-electron chi connectivity index (χ3n) is 3.29. The maximum atomic E-state index is 6.05. The minimum atomic E-state index is 0.499. The molecule has 8 heteroatoms. The van der Waals surface area contributed by atoms with Crippen molar-refractivity contribution in [2.75, 3.05) is 19.5 Å². The largest absolute Gasteiger partial charge is 0.496 e. The molecule has 0 aliphatic rings. The monoisotopic (exact) mass is 395 g/mol. The summed E-state index contributed by atoms with van der Waals surface area (Å²) in [6.45, 7) is 0.499. The fraction of sp³-hybridized carbons (Fsp3) is 0.176. The topological polar surface area (TPSA) is 60.0 Å². The number of para-hydroxylation sites is 1. The SMILES string of the molecule is COc1ccc(Cl)cc1-c1nc(SCCOc2ccccc2Cl)n[nH]1. The van der Waals surface area contributed by atoms with E-state index in [9.17, 15) is 0 Å². The molecule has 0 atom stereocenters. The number of rotatable bonds is 7. The Hall–Kier alpha value is -1.89. The van der Waals surface area contributed by atoms with E-state index in [0.29, 0.717) is 44.9 Å². The van der Waals surface area contributed by atoms with E-state index in [-0.39, 0.29) is 0 Å². The summed E-state index contributed by atoms with van der Waals surface area (Å²) in [6, 6.07) is 12.7. The molecule has 5 nitrogen and oxygen atoms in total. The first-order chi connectivity index (χ1) is 12.2. The maximum absolute atomic E-state index is 6.05. The van der Waals surface area contributed by atoms with Gasteiger partial charge >= 0.3 is 0 Å². The number of hydrogen-bond donors (Lipinski definition) is 1. The molecule has 0 aliphatic carbocycles. The molecule has 0 fully saturated rings. The van der Waals surface area contributed by atoms with E-state index in [4.69, 9.17) is 32.7 Å². The van der Waals surface area contributed by atoms with Gasteiger partial charge in [-0.1, -0.05) is 47.1 Å². The predicted octanol–water partition coefficient (Wildman–Crippen LogP) is 4.96. The Kier molecular flexibility index (Phi) is 6.07. The van der Waals surface area contributed by atoms with E-state index >= 15 is 0 Å². The molecule has 1 N–H and O–H groups in total. The second kappa shape index (κ2) is 8.47. The van der Waals surface area contributed by atoms with Crippen molar-refractivity contribution < 1.29 is 9.47 Å². The molecule has 0 radical (unpaired) electrons. The minimum absolute atomic E-state index is 0.499. The number of nitrogens with zero attached hydrogens (tertiary/aromatic N) is 2. The van der Waals surface area contributed by atoms with Crippen molar-refractivity contribution in [1.82, 2.24) is 15.2 Å². The van der Waals surface area contributed by atoms with Crippen molar-refractivity contribution in [1.29, 1.82) is 0 Å². The van der Waals surface area contributed by atoms with Crippen LogP contribution in [-0.2, 0) is 0 Å². The van der Waals surface area contributed by atoms with Crippen molar-refractivity contribution in [2.45, 2.75) is 5.16 Å². The number of ether oxygens (including phenoxy) is 2. The summed E-state index contributed by atoms with van der Waals surface area (Å²) < 4.78 is 11.0. The van der Waals surface area contributed by atoms with E-state index in [1.54, 1.807) is 31.4 Å². The summed E-state index contributed by atoms with van der Waals surface area (Å²) in [5, 5.41) is 8.94. The average molecular weight is 396 g/mol. The summed E-state index contributed by atoms with van der Waals surface area (Å²) in [4.78, 5) is 4.47. The summed E-state index contributed by atoms with van der Waals surface area (Å²) in [7, 11) is 1.60. The van der Waals surface area contributed by atoms with Gasteiger partial charge in [-0.15, -0.1) is 5.10 Å². The fourth-order valence-corrected chi connectivity index (χ4v) is 3.12. The van der Waals surface area contributed by atoms with Crippen molar-refractivity contribution in [3.8, 4) is 22.9 Å². The lowest BCUT2D eigenvalue weighted by molar-refractivity contribution is 0.344. The van der Waals surface area contributed by atoms with E-state index in [1.807, 2.05) is 18.2 Å². The van der Waals surface area contributed by atoms with Crippen molar-refractivity contribution >= 4 is 35.0 Å². The van der Waals surface area contributed by atoms with Crippen LogP contribution in [0, 0.1) is 0 Å². The number of H-pyrrole nitrogens is 1. The standard InChI is InChI=1S/C17H15Cl2N3O2S/c1-23-14-7-6-11(18)10-12(14)16-20-17(22-21-16)25-9-8-24-15-5-3-2-4-13(15)19/h2-7,10H,8-9H2,1H3,(H,20,21,22). The lowest BCUT2D eigenvalue weighted by Crippen LogP contribution is -2.00. The second-order valence-electron chi connectivity index (χ2n) is 4.94. The minimum Gasteiger partial charge on any atom is -0.496 e. The zero-order chi connectivity index (χ0) is 17.6. The van der Waals surface area contributed by atoms with Gasteiger partial charge < -0.3 is 9.47 Å². The van der Waals surface area contributed by atoms with Gasteiger partial charge in [0.1, 0.15) is 11.5 Å². The molecular weight excluding hydrogens is 381 g/mol. The van der Waals surface area contributed by atoms with Gasteiger partial charge in [0.15, 0.2) is 5.82 Å². The number of benzene rings is 2. The van der Waals surface area contributed by atoms with Crippen LogP contribution in [0.3, 0.4) is 0 Å². The number of halogens is 2. The maximum Gasteiger partial charge on any atom is 0.208 e. The number of hydrogen-bond acceptors (Lipinski definition) is 5. The van der Waals surface area contributed by atoms with Gasteiger partial charge in [0.25, 0.3) is 0 Å². The first kappa shape index (κ1) is 17.9. The highest BCUT2D eigenvalue weighted by atomic mass is 35.5. The second-order valence-corrected chi connectivity index (χ2v) is 6.84. The van der Waals surface area contributed by atoms with Crippen molar-refractivity contribution in [2.24, 2.45) is 0 Å². The zero-order valence-electron chi connectivity index (χ0n) is 13.3. The molecule has 0 unspecified atom stereocenters. The van der Waals surface area contributed by atoms with Crippen LogP contribution in [-0.4, -0.2) is 34.7 Å². The Labute approximate surface area is 159 Å². The van der Waals surface area contributed by atoms with Crippen LogP contribution in [0.25, 0.3) is 11.4 Å². The number of thioether (sulfide) groups is 1. The summed E-state index contributed by atoms with van der Waals surface area (Å²) in [5.41, 5.74) is 0.765. The van der Waals surface area contributed by atoms with Gasteiger partial charge in [0, 0.05) is 10.8 Å². The molecule has 0 spiro atoms. The highest BCUT2D eigenvalue weighted by Gasteiger charge is 2.12. The Morgan fingerprint density at radius 3 is 2.76 bits per heavy atom. The van der Waals surface area contributed by atoms with Gasteiger partial charge in [-0.3, -0.25) is 5.10 Å². The molecule has 0 amide bonds. The third-order valence-corrected chi connectivity index (χ3v) is 4.65. The summed E-state index contributed by atoms with van der Waals surface area (Å²) in [5.74, 6) is 2.65. The Morgan fingerprint density at radius 2 is 1.96 bits per heavy atom. The van der Waals surface area contributed by atoms with Crippen molar-refractivity contribution in [3.05, 3.63) is 52.5 Å². The van der Waals surface area contributed by atoms with Gasteiger partial charge in [-0.2, -0.15) is 0 Å². The molecule has 0 bridgehead atoms. The molecule has 0 aliphatic heterocycles. The highest BCUT2D eigenvalue weighted by molar-refractivity contribution is 7.99. The van der Waals surface area contributed by atoms with E-state index in [0.717, 1.165) is 5.56 Å². The Morgan fingerprint density at radius 1 is 1.12 bits per heavy atom. The van der Waals surface area contributed by atoms with Gasteiger partial charge in [0.05, 0.1) is 24.3 Å². The third kappa shape index (κ3) is 4.60. The zero-order valence-corrected chi connectivity index (χ0v) is 15.7. The lowest BCUT2D eigenvalue weighted by atomic mass is 10.2. The number of aromatic nitrogens is 3. The molecule has 2 aromatic carbocycles. The van der Waals surface area contributed by atoms with Gasteiger partial charge in [0.2, 0.25) is 5.16 Å². The molecule has 0 saturated carbocycles. The lowest BCUT2D eigenvalue weighted by Gasteiger charge is -2.06. The molecule has 1 heterocycles. The number of aromatic amines is 1. The summed E-state index contributed by atoms with van der Waals surface area (Å²) in [6.07, 6.45) is 0. The summed E-state index contributed by atoms with van der Waals surface area (Å²) >= 11 is 13.6. The van der Waals surface area contributed by atoms with Crippen LogP contribution in [0.2, 0.25) is 10.0 Å². The van der Waals surface area contributed by atoms with Crippen molar-refractivity contribution in [3.63, 3.8) is 0 Å². The van der Waals surface area contributed by atoms with Crippen LogP contribution in [0.5, 0.6) is 11.5 Å². The fourth-order valence-electron chi connectivity index (χ4n) is 2.14. The van der Waals surface area contributed by atoms with Gasteiger partial charge in [-0.25, -0.2) is 4.98 Å². The van der Waals surface area contributed by atoms with Crippen LogP contribution >= 0.6 is 35.0 Å². The molecular formula is C17H15Cl2N3O2S. The quantitative estimate of drug-likeness (QED) is 0.452.